The number of thiophene rings is 1. The summed E-state index contributed by atoms with van der Waals surface area (Å²) in [6.07, 6.45) is 6.77. The topological polar surface area (TPSA) is 38.7 Å². The first kappa shape index (κ1) is 37.4. The van der Waals surface area contributed by atoms with E-state index in [2.05, 4.69) is 188 Å². The van der Waals surface area contributed by atoms with Gasteiger partial charge in [0.05, 0.1) is 0 Å². The highest BCUT2D eigenvalue weighted by Gasteiger charge is 2.62. The molecular weight excluding hydrogens is 807 g/mol. The average molecular weight is 852 g/mol. The Morgan fingerprint density at radius 2 is 0.923 bits per heavy atom. The van der Waals surface area contributed by atoms with Gasteiger partial charge in [0, 0.05) is 42.3 Å². The molecule has 2 heterocycles. The zero-order chi connectivity index (χ0) is 42.6. The van der Waals surface area contributed by atoms with Crippen molar-refractivity contribution in [2.24, 2.45) is 23.7 Å². The lowest BCUT2D eigenvalue weighted by atomic mass is 9.42. The number of rotatable bonds is 6. The van der Waals surface area contributed by atoms with Crippen molar-refractivity contribution in [1.29, 1.82) is 0 Å². The van der Waals surface area contributed by atoms with E-state index < -0.39 is 0 Å². The number of nitrogens with zero attached hydrogens (tertiary/aromatic N) is 3. The minimum Gasteiger partial charge on any atom is -0.208 e. The predicted octanol–water partition coefficient (Wildman–Crippen LogP) is 16.0. The van der Waals surface area contributed by atoms with E-state index in [1.165, 1.54) is 80.1 Å². The van der Waals surface area contributed by atoms with Crippen LogP contribution in [-0.2, 0) is 5.41 Å². The number of aromatic nitrogens is 3. The number of fused-ring (bicyclic) bond motifs is 6. The van der Waals surface area contributed by atoms with Gasteiger partial charge >= 0.3 is 0 Å². The molecule has 8 aromatic carbocycles. The van der Waals surface area contributed by atoms with E-state index in [9.17, 15) is 0 Å². The smallest absolute Gasteiger partial charge is 0.164 e. The highest BCUT2D eigenvalue weighted by molar-refractivity contribution is 7.25. The van der Waals surface area contributed by atoms with E-state index in [1.54, 1.807) is 11.1 Å². The van der Waals surface area contributed by atoms with Crippen molar-refractivity contribution in [2.75, 3.05) is 0 Å². The Morgan fingerprint density at radius 1 is 0.354 bits per heavy atom. The first-order valence-corrected chi connectivity index (χ1v) is 24.2. The summed E-state index contributed by atoms with van der Waals surface area (Å²) in [5.74, 6) is 5.03. The average Bonchev–Trinajstić information content (AvgIpc) is 3.89. The number of hydrogen-bond donors (Lipinski definition) is 0. The van der Waals surface area contributed by atoms with Gasteiger partial charge in [-0.1, -0.05) is 152 Å². The normalized spacial score (nSPS) is 21.3. The maximum absolute atomic E-state index is 5.54. The molecule has 4 fully saturated rings. The van der Waals surface area contributed by atoms with Gasteiger partial charge < -0.3 is 0 Å². The summed E-state index contributed by atoms with van der Waals surface area (Å²) < 4.78 is 2.67. The molecule has 0 amide bonds. The van der Waals surface area contributed by atoms with Crippen molar-refractivity contribution in [3.05, 3.63) is 199 Å². The molecule has 0 saturated heterocycles. The van der Waals surface area contributed by atoms with Gasteiger partial charge in [0.15, 0.2) is 17.5 Å². The molecule has 2 aromatic heterocycles. The van der Waals surface area contributed by atoms with Crippen LogP contribution in [0.3, 0.4) is 0 Å². The zero-order valence-electron chi connectivity index (χ0n) is 36.0. The van der Waals surface area contributed by atoms with Crippen LogP contribution < -0.4 is 0 Å². The molecule has 0 aliphatic heterocycles. The fourth-order valence-electron chi connectivity index (χ4n) is 13.3. The minimum atomic E-state index is -0.00707. The summed E-state index contributed by atoms with van der Waals surface area (Å²) in [6, 6.07) is 69.0. The molecule has 0 N–H and O–H groups in total. The van der Waals surface area contributed by atoms with Gasteiger partial charge in [-0.05, 0) is 148 Å². The Balaban J connectivity index is 1.03. The molecule has 65 heavy (non-hydrogen) atoms. The lowest BCUT2D eigenvalue weighted by molar-refractivity contribution is -0.0397. The van der Waals surface area contributed by atoms with Crippen LogP contribution in [0.4, 0.5) is 0 Å². The lowest BCUT2D eigenvalue weighted by Gasteiger charge is -2.61. The summed E-state index contributed by atoms with van der Waals surface area (Å²) in [6.45, 7) is 0. The van der Waals surface area contributed by atoms with Crippen molar-refractivity contribution in [3.63, 3.8) is 0 Å². The van der Waals surface area contributed by atoms with Crippen molar-refractivity contribution < 1.29 is 0 Å². The molecule has 0 unspecified atom stereocenters. The van der Waals surface area contributed by atoms with E-state index in [-0.39, 0.29) is 5.41 Å². The molecule has 5 aliphatic rings. The summed E-state index contributed by atoms with van der Waals surface area (Å²) in [4.78, 5) is 16.3. The van der Waals surface area contributed by atoms with Gasteiger partial charge in [-0.25, -0.2) is 15.0 Å². The van der Waals surface area contributed by atoms with Crippen molar-refractivity contribution in [1.82, 2.24) is 15.0 Å². The zero-order valence-corrected chi connectivity index (χ0v) is 36.8. The number of hydrogen-bond acceptors (Lipinski definition) is 4. The van der Waals surface area contributed by atoms with E-state index in [4.69, 9.17) is 15.0 Å². The Bertz CT molecular complexity index is 3470. The van der Waals surface area contributed by atoms with Crippen molar-refractivity contribution >= 4 is 31.5 Å². The van der Waals surface area contributed by atoms with E-state index in [1.807, 2.05) is 11.3 Å². The molecule has 5 aliphatic carbocycles. The lowest BCUT2D eigenvalue weighted by Crippen LogP contribution is -2.55. The Morgan fingerprint density at radius 3 is 1.68 bits per heavy atom. The fraction of sp³-hybridized carbons (Fsp3) is 0.164. The Labute approximate surface area is 383 Å². The van der Waals surface area contributed by atoms with Gasteiger partial charge in [0.25, 0.3) is 0 Å². The maximum Gasteiger partial charge on any atom is 0.164 e. The predicted molar refractivity (Wildman–Crippen MR) is 269 cm³/mol. The molecule has 4 saturated carbocycles. The van der Waals surface area contributed by atoms with E-state index in [0.29, 0.717) is 29.3 Å². The van der Waals surface area contributed by atoms with Crippen LogP contribution in [0.1, 0.15) is 43.2 Å². The Kier molecular flexibility index (Phi) is 8.34. The summed E-state index contributed by atoms with van der Waals surface area (Å²) in [5.41, 5.74) is 16.0. The largest absolute Gasteiger partial charge is 0.208 e. The van der Waals surface area contributed by atoms with Gasteiger partial charge in [0.2, 0.25) is 0 Å². The molecule has 0 radical (unpaired) electrons. The van der Waals surface area contributed by atoms with Gasteiger partial charge in [-0.15, -0.1) is 11.3 Å². The van der Waals surface area contributed by atoms with Crippen LogP contribution in [0.15, 0.2) is 188 Å². The fourth-order valence-corrected chi connectivity index (χ4v) is 14.4. The summed E-state index contributed by atoms with van der Waals surface area (Å²) >= 11 is 1.91. The van der Waals surface area contributed by atoms with Crippen molar-refractivity contribution in [3.8, 4) is 78.7 Å². The molecule has 15 rings (SSSR count). The molecule has 0 atom stereocenters. The monoisotopic (exact) mass is 851 g/mol. The first-order valence-electron chi connectivity index (χ1n) is 23.4. The third kappa shape index (κ3) is 5.76. The molecule has 10 aromatic rings. The molecule has 3 nitrogen and oxygen atoms in total. The standard InChI is InChI=1S/C61H45N3S/c1-4-14-39(15-5-1)42-24-27-50(51(33-42)40-16-6-2-7-17-40)60-63-58(41-18-8-3-9-19-41)62-59(64-60)44-34-52(43-25-26-49-48-21-11-13-23-55(48)65-56(49)36-43)57-53(35-44)47-20-10-12-22-54(47)61(57)45-29-37-28-38(31-45)32-46(61)30-37/h1-27,33-38,45-46H,28-32H2. The highest BCUT2D eigenvalue weighted by Crippen LogP contribution is 2.70. The second-order valence-electron chi connectivity index (χ2n) is 19.1. The molecule has 4 heteroatoms. The van der Waals surface area contributed by atoms with Crippen LogP contribution in [0.2, 0.25) is 0 Å². The third-order valence-corrected chi connectivity index (χ3v) is 16.8. The van der Waals surface area contributed by atoms with Crippen LogP contribution in [0, 0.1) is 23.7 Å². The molecular formula is C61H45N3S. The van der Waals surface area contributed by atoms with Gasteiger partial charge in [-0.3, -0.25) is 0 Å². The van der Waals surface area contributed by atoms with Gasteiger partial charge in [-0.2, -0.15) is 0 Å². The van der Waals surface area contributed by atoms with Crippen LogP contribution in [-0.4, -0.2) is 15.0 Å². The van der Waals surface area contributed by atoms with Crippen molar-refractivity contribution in [2.45, 2.75) is 37.5 Å². The molecule has 1 spiro atoms. The SMILES string of the molecule is c1ccc(-c2ccc(-c3nc(-c4ccccc4)nc(-c4cc(-c5ccc6c(c5)sc5ccccc56)c5c(c4)-c4ccccc4C54C5CC6CC(C5)CC4C6)n3)c(-c3ccccc3)c2)cc1. The van der Waals surface area contributed by atoms with Crippen LogP contribution in [0.5, 0.6) is 0 Å². The van der Waals surface area contributed by atoms with Crippen LogP contribution in [0.25, 0.3) is 98.8 Å². The highest BCUT2D eigenvalue weighted by atomic mass is 32.1. The van der Waals surface area contributed by atoms with E-state index in [0.717, 1.165) is 45.2 Å². The minimum absolute atomic E-state index is 0.00707. The maximum atomic E-state index is 5.54. The summed E-state index contributed by atoms with van der Waals surface area (Å²) in [5, 5.41) is 2.66. The summed E-state index contributed by atoms with van der Waals surface area (Å²) in [7, 11) is 0. The molecule has 310 valence electrons. The van der Waals surface area contributed by atoms with E-state index >= 15 is 0 Å². The quantitative estimate of drug-likeness (QED) is 0.167. The number of benzene rings is 8. The Hall–Kier alpha value is -7.01. The second-order valence-corrected chi connectivity index (χ2v) is 20.2. The van der Waals surface area contributed by atoms with Gasteiger partial charge in [0.1, 0.15) is 0 Å². The third-order valence-electron chi connectivity index (χ3n) is 15.7. The molecule has 4 bridgehead atoms. The van der Waals surface area contributed by atoms with Crippen LogP contribution >= 0.6 is 11.3 Å². The first-order chi connectivity index (χ1) is 32.2. The second kappa shape index (κ2) is 14.5.